The number of carbonyl (C=O) groups is 2. The Morgan fingerprint density at radius 1 is 1.00 bits per heavy atom. The second-order valence-electron chi connectivity index (χ2n) is 7.07. The monoisotopic (exact) mass is 367 g/mol. The highest BCUT2D eigenvalue weighted by molar-refractivity contribution is 6.05. The SMILES string of the molecule is CCNCc1ccccc1NC(=O)c1ccc(NC(=O)CC(C)C)c(C)c1. The summed E-state index contributed by atoms with van der Waals surface area (Å²) in [7, 11) is 0. The summed E-state index contributed by atoms with van der Waals surface area (Å²) in [5, 5.41) is 9.17. The molecule has 0 atom stereocenters. The predicted octanol–water partition coefficient (Wildman–Crippen LogP) is 4.34. The summed E-state index contributed by atoms with van der Waals surface area (Å²) in [4.78, 5) is 24.6. The summed E-state index contributed by atoms with van der Waals surface area (Å²) in [5.41, 5.74) is 4.01. The van der Waals surface area contributed by atoms with E-state index in [0.29, 0.717) is 24.4 Å². The van der Waals surface area contributed by atoms with Gasteiger partial charge in [0.25, 0.3) is 5.91 Å². The predicted molar refractivity (Wildman–Crippen MR) is 111 cm³/mol. The lowest BCUT2D eigenvalue weighted by molar-refractivity contribution is -0.116. The second kappa shape index (κ2) is 9.88. The Balaban J connectivity index is 2.09. The number of hydrogen-bond acceptors (Lipinski definition) is 3. The van der Waals surface area contributed by atoms with Gasteiger partial charge in [0.2, 0.25) is 5.91 Å². The fourth-order valence-corrected chi connectivity index (χ4v) is 2.77. The van der Waals surface area contributed by atoms with Gasteiger partial charge in [-0.05, 0) is 54.8 Å². The number of aryl methyl sites for hydroxylation is 1. The third-order valence-corrected chi connectivity index (χ3v) is 4.19. The number of carbonyl (C=O) groups excluding carboxylic acids is 2. The molecule has 2 amide bonds. The van der Waals surface area contributed by atoms with Gasteiger partial charge in [-0.1, -0.05) is 39.0 Å². The van der Waals surface area contributed by atoms with Crippen LogP contribution in [0.3, 0.4) is 0 Å². The standard InChI is InChI=1S/C22H29N3O2/c1-5-23-14-18-8-6-7-9-20(18)25-22(27)17-10-11-19(16(4)13-17)24-21(26)12-15(2)3/h6-11,13,15,23H,5,12,14H2,1-4H3,(H,24,26)(H,25,27). The van der Waals surface area contributed by atoms with E-state index in [1.807, 2.05) is 52.0 Å². The molecule has 0 spiro atoms. The molecule has 2 aromatic carbocycles. The van der Waals surface area contributed by atoms with Crippen LogP contribution < -0.4 is 16.0 Å². The van der Waals surface area contributed by atoms with E-state index < -0.39 is 0 Å². The number of amides is 2. The van der Waals surface area contributed by atoms with Gasteiger partial charge in [0.05, 0.1) is 0 Å². The molecule has 0 unspecified atom stereocenters. The van der Waals surface area contributed by atoms with Gasteiger partial charge in [-0.25, -0.2) is 0 Å². The zero-order chi connectivity index (χ0) is 19.8. The molecule has 0 saturated heterocycles. The third-order valence-electron chi connectivity index (χ3n) is 4.19. The highest BCUT2D eigenvalue weighted by Gasteiger charge is 2.12. The lowest BCUT2D eigenvalue weighted by Gasteiger charge is -2.13. The normalized spacial score (nSPS) is 10.7. The van der Waals surface area contributed by atoms with Crippen LogP contribution in [-0.4, -0.2) is 18.4 Å². The molecular weight excluding hydrogens is 338 g/mol. The van der Waals surface area contributed by atoms with Crippen molar-refractivity contribution in [3.63, 3.8) is 0 Å². The summed E-state index contributed by atoms with van der Waals surface area (Å²) in [6.45, 7) is 9.52. The maximum atomic E-state index is 12.7. The highest BCUT2D eigenvalue weighted by Crippen LogP contribution is 2.20. The van der Waals surface area contributed by atoms with E-state index >= 15 is 0 Å². The molecule has 0 heterocycles. The molecule has 0 aliphatic heterocycles. The van der Waals surface area contributed by atoms with Crippen LogP contribution in [0.1, 0.15) is 48.7 Å². The summed E-state index contributed by atoms with van der Waals surface area (Å²) in [5.74, 6) is 0.127. The first kappa shape index (κ1) is 20.6. The summed E-state index contributed by atoms with van der Waals surface area (Å²) in [6, 6.07) is 13.1. The van der Waals surface area contributed by atoms with Crippen LogP contribution >= 0.6 is 0 Å². The zero-order valence-electron chi connectivity index (χ0n) is 16.6. The van der Waals surface area contributed by atoms with E-state index in [4.69, 9.17) is 0 Å². The van der Waals surface area contributed by atoms with Crippen LogP contribution in [0, 0.1) is 12.8 Å². The molecule has 5 heteroatoms. The van der Waals surface area contributed by atoms with Gasteiger partial charge in [-0.2, -0.15) is 0 Å². The first-order chi connectivity index (χ1) is 12.9. The quantitative estimate of drug-likeness (QED) is 0.650. The largest absolute Gasteiger partial charge is 0.326 e. The first-order valence-electron chi connectivity index (χ1n) is 9.41. The average Bonchev–Trinajstić information content (AvgIpc) is 2.62. The third kappa shape index (κ3) is 6.22. The number of anilines is 2. The van der Waals surface area contributed by atoms with Crippen LogP contribution in [0.15, 0.2) is 42.5 Å². The molecule has 0 aliphatic rings. The summed E-state index contributed by atoms with van der Waals surface area (Å²) >= 11 is 0. The van der Waals surface area contributed by atoms with Gasteiger partial charge in [-0.3, -0.25) is 9.59 Å². The van der Waals surface area contributed by atoms with E-state index in [2.05, 4.69) is 16.0 Å². The van der Waals surface area contributed by atoms with Gasteiger partial charge >= 0.3 is 0 Å². The highest BCUT2D eigenvalue weighted by atomic mass is 16.2. The van der Waals surface area contributed by atoms with Crippen molar-refractivity contribution in [3.05, 3.63) is 59.2 Å². The maximum Gasteiger partial charge on any atom is 0.255 e. The lowest BCUT2D eigenvalue weighted by Crippen LogP contribution is -2.18. The Morgan fingerprint density at radius 3 is 2.41 bits per heavy atom. The molecular formula is C22H29N3O2. The molecule has 0 fully saturated rings. The number of nitrogens with one attached hydrogen (secondary N) is 3. The molecule has 0 saturated carbocycles. The van der Waals surface area contributed by atoms with E-state index in [0.717, 1.165) is 29.0 Å². The number of rotatable bonds is 8. The van der Waals surface area contributed by atoms with Gasteiger partial charge in [0.1, 0.15) is 0 Å². The molecule has 0 bridgehead atoms. The number of benzene rings is 2. The zero-order valence-corrected chi connectivity index (χ0v) is 16.6. The van der Waals surface area contributed by atoms with Crippen molar-refractivity contribution in [2.75, 3.05) is 17.2 Å². The van der Waals surface area contributed by atoms with Gasteiger partial charge in [-0.15, -0.1) is 0 Å². The molecule has 0 aliphatic carbocycles. The minimum absolute atomic E-state index is 0.0114. The molecule has 3 N–H and O–H groups in total. The summed E-state index contributed by atoms with van der Waals surface area (Å²) < 4.78 is 0. The molecule has 2 aromatic rings. The van der Waals surface area contributed by atoms with Crippen molar-refractivity contribution in [1.29, 1.82) is 0 Å². The van der Waals surface area contributed by atoms with E-state index in [9.17, 15) is 9.59 Å². The Morgan fingerprint density at radius 2 is 1.74 bits per heavy atom. The number of para-hydroxylation sites is 1. The fourth-order valence-electron chi connectivity index (χ4n) is 2.77. The summed E-state index contributed by atoms with van der Waals surface area (Å²) in [6.07, 6.45) is 0.476. The topological polar surface area (TPSA) is 70.2 Å². The second-order valence-corrected chi connectivity index (χ2v) is 7.07. The van der Waals surface area contributed by atoms with Crippen LogP contribution in [0.4, 0.5) is 11.4 Å². The van der Waals surface area contributed by atoms with Crippen LogP contribution in [0.2, 0.25) is 0 Å². The van der Waals surface area contributed by atoms with Crippen LogP contribution in [0.5, 0.6) is 0 Å². The van der Waals surface area contributed by atoms with Gasteiger partial charge in [0, 0.05) is 29.9 Å². The van der Waals surface area contributed by atoms with Crippen molar-refractivity contribution in [1.82, 2.24) is 5.32 Å². The van der Waals surface area contributed by atoms with Crippen LogP contribution in [-0.2, 0) is 11.3 Å². The molecule has 144 valence electrons. The Bertz CT molecular complexity index is 800. The lowest BCUT2D eigenvalue weighted by atomic mass is 10.1. The molecule has 0 radical (unpaired) electrons. The van der Waals surface area contributed by atoms with Crippen LogP contribution in [0.25, 0.3) is 0 Å². The average molecular weight is 367 g/mol. The first-order valence-corrected chi connectivity index (χ1v) is 9.41. The van der Waals surface area contributed by atoms with E-state index in [1.165, 1.54) is 0 Å². The molecule has 27 heavy (non-hydrogen) atoms. The van der Waals surface area contributed by atoms with Gasteiger partial charge < -0.3 is 16.0 Å². The number of hydrogen-bond donors (Lipinski definition) is 3. The van der Waals surface area contributed by atoms with Crippen molar-refractivity contribution >= 4 is 23.2 Å². The van der Waals surface area contributed by atoms with E-state index in [1.54, 1.807) is 18.2 Å². The molecule has 0 aromatic heterocycles. The maximum absolute atomic E-state index is 12.7. The molecule has 2 rings (SSSR count). The Hall–Kier alpha value is -2.66. The Kier molecular flexibility index (Phi) is 7.55. The Labute approximate surface area is 161 Å². The van der Waals surface area contributed by atoms with Gasteiger partial charge in [0.15, 0.2) is 0 Å². The minimum atomic E-state index is -0.165. The van der Waals surface area contributed by atoms with E-state index in [-0.39, 0.29) is 11.8 Å². The van der Waals surface area contributed by atoms with Crippen molar-refractivity contribution in [2.24, 2.45) is 5.92 Å². The molecule has 5 nitrogen and oxygen atoms in total. The minimum Gasteiger partial charge on any atom is -0.326 e. The fraction of sp³-hybridized carbons (Fsp3) is 0.364. The van der Waals surface area contributed by atoms with Crippen molar-refractivity contribution < 1.29 is 9.59 Å². The van der Waals surface area contributed by atoms with Crippen molar-refractivity contribution in [3.8, 4) is 0 Å². The smallest absolute Gasteiger partial charge is 0.255 e. The van der Waals surface area contributed by atoms with Crippen molar-refractivity contribution in [2.45, 2.75) is 40.7 Å².